The minimum Gasteiger partial charge on any atom is -0.355 e. The molecule has 3 N–H and O–H groups in total. The van der Waals surface area contributed by atoms with Crippen LogP contribution in [0.3, 0.4) is 0 Å². The SMILES string of the molecule is CN=C(NCCNC(=O)C(C)C)NC1CCC(C)(C)CC1. The Bertz CT molecular complexity index is 353. The number of hydrogen-bond acceptors (Lipinski definition) is 2. The van der Waals surface area contributed by atoms with Gasteiger partial charge in [-0.05, 0) is 31.1 Å². The molecule has 0 atom stereocenters. The molecular weight excluding hydrogens is 264 g/mol. The summed E-state index contributed by atoms with van der Waals surface area (Å²) in [4.78, 5) is 15.7. The highest BCUT2D eigenvalue weighted by molar-refractivity contribution is 5.80. The predicted octanol–water partition coefficient (Wildman–Crippen LogP) is 1.89. The first-order valence-electron chi connectivity index (χ1n) is 8.09. The van der Waals surface area contributed by atoms with Gasteiger partial charge in [0.1, 0.15) is 0 Å². The van der Waals surface area contributed by atoms with E-state index in [9.17, 15) is 4.79 Å². The van der Waals surface area contributed by atoms with Gasteiger partial charge >= 0.3 is 0 Å². The van der Waals surface area contributed by atoms with Gasteiger partial charge in [-0.2, -0.15) is 0 Å². The average Bonchev–Trinajstić information content (AvgIpc) is 2.43. The zero-order valence-electron chi connectivity index (χ0n) is 14.3. The van der Waals surface area contributed by atoms with Crippen LogP contribution in [0, 0.1) is 11.3 Å². The number of carbonyl (C=O) groups excluding carboxylic acids is 1. The average molecular weight is 296 g/mol. The molecular formula is C16H32N4O. The summed E-state index contributed by atoms with van der Waals surface area (Å²) in [5, 5.41) is 9.63. The summed E-state index contributed by atoms with van der Waals surface area (Å²) in [7, 11) is 1.79. The first kappa shape index (κ1) is 17.8. The molecule has 21 heavy (non-hydrogen) atoms. The van der Waals surface area contributed by atoms with Crippen LogP contribution in [0.5, 0.6) is 0 Å². The van der Waals surface area contributed by atoms with Crippen LogP contribution in [-0.4, -0.2) is 38.0 Å². The van der Waals surface area contributed by atoms with Crippen LogP contribution in [0.4, 0.5) is 0 Å². The minimum atomic E-state index is 0.0352. The number of guanidine groups is 1. The molecule has 1 saturated carbocycles. The number of hydrogen-bond donors (Lipinski definition) is 3. The van der Waals surface area contributed by atoms with Crippen molar-refractivity contribution in [2.24, 2.45) is 16.3 Å². The summed E-state index contributed by atoms with van der Waals surface area (Å²) < 4.78 is 0. The number of rotatable bonds is 5. The molecule has 0 aromatic carbocycles. The van der Waals surface area contributed by atoms with E-state index in [0.29, 0.717) is 24.5 Å². The largest absolute Gasteiger partial charge is 0.355 e. The molecule has 0 saturated heterocycles. The molecule has 5 nitrogen and oxygen atoms in total. The lowest BCUT2D eigenvalue weighted by Gasteiger charge is -2.35. The number of aliphatic imine (C=N–C) groups is 1. The summed E-state index contributed by atoms with van der Waals surface area (Å²) in [5.41, 5.74) is 0.482. The van der Waals surface area contributed by atoms with Crippen molar-refractivity contribution in [2.75, 3.05) is 20.1 Å². The molecule has 0 radical (unpaired) electrons. The van der Waals surface area contributed by atoms with E-state index in [4.69, 9.17) is 0 Å². The Morgan fingerprint density at radius 1 is 1.19 bits per heavy atom. The van der Waals surface area contributed by atoms with E-state index in [2.05, 4.69) is 34.8 Å². The van der Waals surface area contributed by atoms with Gasteiger partial charge in [-0.1, -0.05) is 27.7 Å². The second-order valence-electron chi connectivity index (χ2n) is 7.03. The Kier molecular flexibility index (Phi) is 6.99. The first-order chi connectivity index (χ1) is 9.84. The second-order valence-corrected chi connectivity index (χ2v) is 7.03. The molecule has 0 bridgehead atoms. The van der Waals surface area contributed by atoms with Crippen LogP contribution < -0.4 is 16.0 Å². The normalized spacial score (nSPS) is 19.4. The van der Waals surface area contributed by atoms with E-state index < -0.39 is 0 Å². The summed E-state index contributed by atoms with van der Waals surface area (Å²) in [5.74, 6) is 0.959. The van der Waals surface area contributed by atoms with Gasteiger partial charge in [-0.15, -0.1) is 0 Å². The number of nitrogens with zero attached hydrogens (tertiary/aromatic N) is 1. The monoisotopic (exact) mass is 296 g/mol. The van der Waals surface area contributed by atoms with E-state index in [1.54, 1.807) is 7.05 Å². The van der Waals surface area contributed by atoms with Crippen LogP contribution in [0.15, 0.2) is 4.99 Å². The van der Waals surface area contributed by atoms with Crippen molar-refractivity contribution in [3.05, 3.63) is 0 Å². The lowest BCUT2D eigenvalue weighted by molar-refractivity contribution is -0.123. The zero-order valence-corrected chi connectivity index (χ0v) is 14.3. The highest BCUT2D eigenvalue weighted by Crippen LogP contribution is 2.34. The van der Waals surface area contributed by atoms with E-state index in [1.165, 1.54) is 25.7 Å². The summed E-state index contributed by atoms with van der Waals surface area (Å²) in [6, 6.07) is 0.509. The summed E-state index contributed by atoms with van der Waals surface area (Å²) in [6.45, 7) is 9.79. The highest BCUT2D eigenvalue weighted by Gasteiger charge is 2.27. The van der Waals surface area contributed by atoms with Crippen molar-refractivity contribution < 1.29 is 4.79 Å². The van der Waals surface area contributed by atoms with Crippen LogP contribution in [-0.2, 0) is 4.79 Å². The van der Waals surface area contributed by atoms with Crippen molar-refractivity contribution in [3.63, 3.8) is 0 Å². The van der Waals surface area contributed by atoms with Crippen LogP contribution in [0.25, 0.3) is 0 Å². The van der Waals surface area contributed by atoms with Gasteiger partial charge in [0, 0.05) is 32.1 Å². The quantitative estimate of drug-likeness (QED) is 0.412. The van der Waals surface area contributed by atoms with Crippen LogP contribution in [0.1, 0.15) is 53.4 Å². The number of amides is 1. The fourth-order valence-electron chi connectivity index (χ4n) is 2.50. The molecule has 5 heteroatoms. The lowest BCUT2D eigenvalue weighted by Crippen LogP contribution is -2.47. The Labute approximate surface area is 129 Å². The topological polar surface area (TPSA) is 65.5 Å². The summed E-state index contributed by atoms with van der Waals surface area (Å²) >= 11 is 0. The molecule has 1 fully saturated rings. The third-order valence-corrected chi connectivity index (χ3v) is 4.14. The van der Waals surface area contributed by atoms with Gasteiger partial charge < -0.3 is 16.0 Å². The third kappa shape index (κ3) is 6.82. The van der Waals surface area contributed by atoms with Crippen LogP contribution in [0.2, 0.25) is 0 Å². The van der Waals surface area contributed by atoms with Gasteiger partial charge in [0.05, 0.1) is 0 Å². The summed E-state index contributed by atoms with van der Waals surface area (Å²) in [6.07, 6.45) is 4.90. The van der Waals surface area contributed by atoms with Gasteiger partial charge in [0.15, 0.2) is 5.96 Å². The number of carbonyl (C=O) groups is 1. The first-order valence-corrected chi connectivity index (χ1v) is 8.09. The van der Waals surface area contributed by atoms with E-state index in [0.717, 1.165) is 5.96 Å². The van der Waals surface area contributed by atoms with Gasteiger partial charge in [0.2, 0.25) is 5.91 Å². The smallest absolute Gasteiger partial charge is 0.222 e. The lowest BCUT2D eigenvalue weighted by atomic mass is 9.75. The molecule has 0 aromatic rings. The van der Waals surface area contributed by atoms with E-state index in [1.807, 2.05) is 13.8 Å². The Balaban J connectivity index is 2.22. The predicted molar refractivity (Wildman–Crippen MR) is 88.4 cm³/mol. The fourth-order valence-corrected chi connectivity index (χ4v) is 2.50. The van der Waals surface area contributed by atoms with Gasteiger partial charge in [-0.25, -0.2) is 0 Å². The molecule has 1 amide bonds. The van der Waals surface area contributed by atoms with Gasteiger partial charge in [0.25, 0.3) is 0 Å². The Hall–Kier alpha value is -1.26. The standard InChI is InChI=1S/C16H32N4O/c1-12(2)14(21)18-10-11-19-15(17-5)20-13-6-8-16(3,4)9-7-13/h12-13H,6-11H2,1-5H3,(H,18,21)(H2,17,19,20). The molecule has 1 rings (SSSR count). The van der Waals surface area contributed by atoms with E-state index in [-0.39, 0.29) is 11.8 Å². The maximum absolute atomic E-state index is 11.5. The molecule has 0 heterocycles. The minimum absolute atomic E-state index is 0.0352. The molecule has 0 unspecified atom stereocenters. The Morgan fingerprint density at radius 3 is 2.29 bits per heavy atom. The zero-order chi connectivity index (χ0) is 15.9. The molecule has 0 spiro atoms. The highest BCUT2D eigenvalue weighted by atomic mass is 16.1. The van der Waals surface area contributed by atoms with E-state index >= 15 is 0 Å². The number of nitrogens with one attached hydrogen (secondary N) is 3. The molecule has 122 valence electrons. The maximum atomic E-state index is 11.5. The third-order valence-electron chi connectivity index (χ3n) is 4.14. The van der Waals surface area contributed by atoms with Crippen molar-refractivity contribution in [2.45, 2.75) is 59.4 Å². The van der Waals surface area contributed by atoms with Gasteiger partial charge in [-0.3, -0.25) is 9.79 Å². The van der Waals surface area contributed by atoms with Crippen molar-refractivity contribution in [1.29, 1.82) is 0 Å². The molecule has 1 aliphatic rings. The molecule has 1 aliphatic carbocycles. The van der Waals surface area contributed by atoms with Crippen molar-refractivity contribution in [3.8, 4) is 0 Å². The van der Waals surface area contributed by atoms with Crippen LogP contribution >= 0.6 is 0 Å². The maximum Gasteiger partial charge on any atom is 0.222 e. The fraction of sp³-hybridized carbons (Fsp3) is 0.875. The Morgan fingerprint density at radius 2 is 1.76 bits per heavy atom. The molecule has 0 aromatic heterocycles. The van der Waals surface area contributed by atoms with Crippen molar-refractivity contribution >= 4 is 11.9 Å². The second kappa shape index (κ2) is 8.25. The van der Waals surface area contributed by atoms with Crippen molar-refractivity contribution in [1.82, 2.24) is 16.0 Å². The molecule has 0 aliphatic heterocycles.